The van der Waals surface area contributed by atoms with Crippen molar-refractivity contribution in [3.63, 3.8) is 0 Å². The van der Waals surface area contributed by atoms with Crippen molar-refractivity contribution in [2.75, 3.05) is 7.11 Å². The van der Waals surface area contributed by atoms with Crippen LogP contribution in [-0.2, 0) is 4.79 Å². The van der Waals surface area contributed by atoms with E-state index in [2.05, 4.69) is 23.9 Å². The molecule has 4 rings (SSSR count). The molecule has 1 N–H and O–H groups in total. The number of amides is 1. The van der Waals surface area contributed by atoms with E-state index in [0.717, 1.165) is 11.5 Å². The van der Waals surface area contributed by atoms with E-state index in [1.165, 1.54) is 60.3 Å². The van der Waals surface area contributed by atoms with Crippen LogP contribution in [0, 0.1) is 17.1 Å². The lowest BCUT2D eigenvalue weighted by atomic mass is 10.1. The van der Waals surface area contributed by atoms with Gasteiger partial charge in [0.15, 0.2) is 17.3 Å². The van der Waals surface area contributed by atoms with Crippen molar-refractivity contribution in [1.29, 1.82) is 5.41 Å². The van der Waals surface area contributed by atoms with Gasteiger partial charge >= 0.3 is 5.97 Å². The van der Waals surface area contributed by atoms with Gasteiger partial charge in [-0.15, -0.1) is 0 Å². The van der Waals surface area contributed by atoms with Gasteiger partial charge < -0.3 is 9.47 Å². The molecule has 0 saturated carbocycles. The minimum Gasteiger partial charge on any atom is -0.493 e. The summed E-state index contributed by atoms with van der Waals surface area (Å²) in [4.78, 5) is 29.1. The fraction of sp³-hybridized carbons (Fsp3) is 0.208. The summed E-state index contributed by atoms with van der Waals surface area (Å²) in [6, 6.07) is 9.70. The van der Waals surface area contributed by atoms with E-state index in [0.29, 0.717) is 16.6 Å². The molecule has 10 heteroatoms. The predicted molar refractivity (Wildman–Crippen MR) is 129 cm³/mol. The largest absolute Gasteiger partial charge is 0.493 e. The van der Waals surface area contributed by atoms with Crippen LogP contribution in [0.25, 0.3) is 6.08 Å². The number of thioether (sulfide) groups is 1. The summed E-state index contributed by atoms with van der Waals surface area (Å²) < 4.78 is 23.8. The summed E-state index contributed by atoms with van der Waals surface area (Å²) >= 11 is 1.30. The first-order valence-electron chi connectivity index (χ1n) is 10.4. The van der Waals surface area contributed by atoms with Crippen LogP contribution in [0.4, 0.5) is 4.39 Å². The standard InChI is InChI=1S/C24H21FN4O4S/c1-13(2)10-20-28-29-21(26)17(22(30)27-24(29)34-20)11-14-4-9-18(19(12-14)32-3)33-23(31)15-5-7-16(25)8-6-15/h4-9,11-13,26H,10H2,1-3H3/b17-11-,26-21?. The number of nitrogens with one attached hydrogen (secondary N) is 1. The van der Waals surface area contributed by atoms with Crippen LogP contribution in [0.5, 0.6) is 11.5 Å². The third-order valence-corrected chi connectivity index (χ3v) is 5.79. The lowest BCUT2D eigenvalue weighted by Gasteiger charge is -2.20. The topological polar surface area (TPSA) is 104 Å². The highest BCUT2D eigenvalue weighted by molar-refractivity contribution is 8.26. The number of amidine groups is 2. The Morgan fingerprint density at radius 2 is 1.94 bits per heavy atom. The number of carbonyl (C=O) groups excluding carboxylic acids is 2. The molecule has 2 heterocycles. The highest BCUT2D eigenvalue weighted by Crippen LogP contribution is 2.33. The Morgan fingerprint density at radius 1 is 1.21 bits per heavy atom. The Morgan fingerprint density at radius 3 is 2.62 bits per heavy atom. The number of halogens is 1. The molecule has 2 aliphatic rings. The van der Waals surface area contributed by atoms with Gasteiger partial charge in [-0.25, -0.2) is 9.18 Å². The Balaban J connectivity index is 1.57. The zero-order valence-electron chi connectivity index (χ0n) is 18.7. The van der Waals surface area contributed by atoms with Crippen LogP contribution >= 0.6 is 11.8 Å². The number of methoxy groups -OCH3 is 1. The number of nitrogens with zero attached hydrogens (tertiary/aromatic N) is 3. The number of benzene rings is 2. The molecule has 0 aromatic heterocycles. The average Bonchev–Trinajstić information content (AvgIpc) is 3.19. The van der Waals surface area contributed by atoms with E-state index in [4.69, 9.17) is 14.9 Å². The lowest BCUT2D eigenvalue weighted by Crippen LogP contribution is -2.35. The van der Waals surface area contributed by atoms with Crippen molar-refractivity contribution in [2.45, 2.75) is 20.3 Å². The number of hydrazone groups is 1. The Kier molecular flexibility index (Phi) is 6.60. The fourth-order valence-corrected chi connectivity index (χ4v) is 4.33. The summed E-state index contributed by atoms with van der Waals surface area (Å²) in [6.45, 7) is 4.13. The van der Waals surface area contributed by atoms with E-state index in [9.17, 15) is 14.0 Å². The van der Waals surface area contributed by atoms with Gasteiger partial charge in [-0.05, 0) is 65.7 Å². The van der Waals surface area contributed by atoms with Gasteiger partial charge in [-0.3, -0.25) is 10.2 Å². The number of carbonyl (C=O) groups is 2. The molecule has 0 unspecified atom stereocenters. The summed E-state index contributed by atoms with van der Waals surface area (Å²) in [5.74, 6) is -0.933. The predicted octanol–water partition coefficient (Wildman–Crippen LogP) is 4.72. The van der Waals surface area contributed by atoms with Crippen LogP contribution in [0.3, 0.4) is 0 Å². The summed E-state index contributed by atoms with van der Waals surface area (Å²) in [5.41, 5.74) is 0.811. The monoisotopic (exact) mass is 480 g/mol. The number of fused-ring (bicyclic) bond motifs is 1. The third-order valence-electron chi connectivity index (χ3n) is 4.86. The molecule has 2 aromatic rings. The highest BCUT2D eigenvalue weighted by Gasteiger charge is 2.35. The molecular weight excluding hydrogens is 459 g/mol. The average molecular weight is 481 g/mol. The normalized spacial score (nSPS) is 16.5. The number of hydrogen-bond acceptors (Lipinski definition) is 7. The smallest absolute Gasteiger partial charge is 0.343 e. The van der Waals surface area contributed by atoms with Gasteiger partial charge in [0.05, 0.1) is 18.2 Å². The molecule has 0 atom stereocenters. The number of hydrogen-bond donors (Lipinski definition) is 1. The second-order valence-electron chi connectivity index (χ2n) is 7.92. The third kappa shape index (κ3) is 4.91. The number of rotatable bonds is 6. The molecule has 0 aliphatic carbocycles. The SMILES string of the molecule is COc1cc(/C=C2/C(=N)N3N=C(CC(C)C)SC3=NC2=O)ccc1OC(=O)c1ccc(F)cc1. The Bertz CT molecular complexity index is 1270. The quantitative estimate of drug-likeness (QED) is 0.365. The fourth-order valence-electron chi connectivity index (χ4n) is 3.23. The molecular formula is C24H21FN4O4S. The van der Waals surface area contributed by atoms with Gasteiger partial charge in [0, 0.05) is 6.42 Å². The Labute approximate surface area is 199 Å². The van der Waals surface area contributed by atoms with E-state index in [1.54, 1.807) is 12.1 Å². The van der Waals surface area contributed by atoms with Crippen molar-refractivity contribution in [3.8, 4) is 11.5 Å². The molecule has 8 nitrogen and oxygen atoms in total. The van der Waals surface area contributed by atoms with Crippen LogP contribution in [-0.4, -0.2) is 40.0 Å². The zero-order chi connectivity index (χ0) is 24.4. The minimum absolute atomic E-state index is 0.0629. The molecule has 174 valence electrons. The van der Waals surface area contributed by atoms with Crippen LogP contribution < -0.4 is 9.47 Å². The van der Waals surface area contributed by atoms with Crippen LogP contribution in [0.1, 0.15) is 36.2 Å². The van der Waals surface area contributed by atoms with Gasteiger partial charge in [0.25, 0.3) is 5.91 Å². The van der Waals surface area contributed by atoms with Crippen molar-refractivity contribution in [2.24, 2.45) is 16.0 Å². The summed E-state index contributed by atoms with van der Waals surface area (Å²) in [7, 11) is 1.41. The van der Waals surface area contributed by atoms with Crippen molar-refractivity contribution in [1.82, 2.24) is 5.01 Å². The summed E-state index contributed by atoms with van der Waals surface area (Å²) in [6.07, 6.45) is 2.25. The first kappa shape index (κ1) is 23.4. The molecule has 0 spiro atoms. The van der Waals surface area contributed by atoms with Crippen molar-refractivity contribution < 1.29 is 23.5 Å². The van der Waals surface area contributed by atoms with Gasteiger partial charge in [0.1, 0.15) is 10.9 Å². The lowest BCUT2D eigenvalue weighted by molar-refractivity contribution is -0.114. The van der Waals surface area contributed by atoms with E-state index >= 15 is 0 Å². The second-order valence-corrected chi connectivity index (χ2v) is 8.96. The van der Waals surface area contributed by atoms with Crippen molar-refractivity contribution >= 4 is 45.8 Å². The first-order valence-corrected chi connectivity index (χ1v) is 11.2. The highest BCUT2D eigenvalue weighted by atomic mass is 32.2. The van der Waals surface area contributed by atoms with E-state index < -0.39 is 17.7 Å². The zero-order valence-corrected chi connectivity index (χ0v) is 19.5. The molecule has 0 saturated heterocycles. The molecule has 0 radical (unpaired) electrons. The van der Waals surface area contributed by atoms with Gasteiger partial charge in [-0.1, -0.05) is 19.9 Å². The van der Waals surface area contributed by atoms with E-state index in [1.807, 2.05) is 0 Å². The maximum atomic E-state index is 13.1. The molecule has 2 aliphatic heterocycles. The minimum atomic E-state index is -0.669. The Hall–Kier alpha value is -3.79. The second kappa shape index (κ2) is 9.60. The molecule has 0 fully saturated rings. The van der Waals surface area contributed by atoms with Crippen LogP contribution in [0.15, 0.2) is 58.1 Å². The number of ether oxygens (including phenoxy) is 2. The molecule has 0 bridgehead atoms. The van der Waals surface area contributed by atoms with Gasteiger partial charge in [-0.2, -0.15) is 15.1 Å². The number of esters is 1. The first-order chi connectivity index (χ1) is 16.2. The summed E-state index contributed by atoms with van der Waals surface area (Å²) in [5, 5.41) is 15.5. The van der Waals surface area contributed by atoms with Crippen LogP contribution in [0.2, 0.25) is 0 Å². The van der Waals surface area contributed by atoms with Crippen molar-refractivity contribution in [3.05, 3.63) is 65.0 Å². The maximum absolute atomic E-state index is 13.1. The molecule has 34 heavy (non-hydrogen) atoms. The number of aliphatic imine (C=N–C) groups is 1. The molecule has 2 aromatic carbocycles. The van der Waals surface area contributed by atoms with E-state index in [-0.39, 0.29) is 28.5 Å². The molecule has 1 amide bonds. The maximum Gasteiger partial charge on any atom is 0.343 e. The van der Waals surface area contributed by atoms with Gasteiger partial charge in [0.2, 0.25) is 5.17 Å².